The Morgan fingerprint density at radius 3 is 2.71 bits per heavy atom. The second-order valence-corrected chi connectivity index (χ2v) is 5.04. The SMILES string of the molecule is CCCCOc1cccc(Cc2c(C)[nH]c(=O)[nH]c2=O)c1. The van der Waals surface area contributed by atoms with Crippen LogP contribution in [0.2, 0.25) is 0 Å². The minimum Gasteiger partial charge on any atom is -0.494 e. The zero-order valence-corrected chi connectivity index (χ0v) is 12.4. The van der Waals surface area contributed by atoms with Gasteiger partial charge in [0.25, 0.3) is 5.56 Å². The molecule has 0 aliphatic carbocycles. The second kappa shape index (κ2) is 6.92. The topological polar surface area (TPSA) is 75.0 Å². The summed E-state index contributed by atoms with van der Waals surface area (Å²) >= 11 is 0. The molecule has 21 heavy (non-hydrogen) atoms. The summed E-state index contributed by atoms with van der Waals surface area (Å²) in [5, 5.41) is 0. The third-order valence-corrected chi connectivity index (χ3v) is 3.30. The summed E-state index contributed by atoms with van der Waals surface area (Å²) in [4.78, 5) is 27.9. The molecule has 2 N–H and O–H groups in total. The predicted molar refractivity (Wildman–Crippen MR) is 82.1 cm³/mol. The molecule has 0 saturated heterocycles. The van der Waals surface area contributed by atoms with Crippen LogP contribution in [-0.2, 0) is 6.42 Å². The van der Waals surface area contributed by atoms with Gasteiger partial charge in [-0.3, -0.25) is 9.78 Å². The lowest BCUT2D eigenvalue weighted by Crippen LogP contribution is -2.27. The molecule has 1 aromatic carbocycles. The van der Waals surface area contributed by atoms with E-state index >= 15 is 0 Å². The fourth-order valence-electron chi connectivity index (χ4n) is 2.12. The number of benzene rings is 1. The largest absolute Gasteiger partial charge is 0.494 e. The normalized spacial score (nSPS) is 10.6. The maximum absolute atomic E-state index is 11.9. The van der Waals surface area contributed by atoms with Crippen LogP contribution in [0.1, 0.15) is 36.6 Å². The number of H-pyrrole nitrogens is 2. The van der Waals surface area contributed by atoms with Crippen LogP contribution in [0.4, 0.5) is 0 Å². The highest BCUT2D eigenvalue weighted by Gasteiger charge is 2.07. The highest BCUT2D eigenvalue weighted by molar-refractivity contribution is 5.33. The van der Waals surface area contributed by atoms with Crippen molar-refractivity contribution >= 4 is 0 Å². The van der Waals surface area contributed by atoms with E-state index in [-0.39, 0.29) is 5.56 Å². The van der Waals surface area contributed by atoms with Crippen molar-refractivity contribution in [1.29, 1.82) is 0 Å². The molecular formula is C16H20N2O3. The summed E-state index contributed by atoms with van der Waals surface area (Å²) in [6.07, 6.45) is 2.57. The number of aromatic amines is 2. The lowest BCUT2D eigenvalue weighted by atomic mass is 10.0. The Labute approximate surface area is 123 Å². The molecule has 5 nitrogen and oxygen atoms in total. The van der Waals surface area contributed by atoms with Crippen LogP contribution in [0, 0.1) is 6.92 Å². The van der Waals surface area contributed by atoms with E-state index in [0.717, 1.165) is 24.2 Å². The number of ether oxygens (including phenoxy) is 1. The van der Waals surface area contributed by atoms with E-state index in [9.17, 15) is 9.59 Å². The minimum absolute atomic E-state index is 0.339. The van der Waals surface area contributed by atoms with Crippen molar-refractivity contribution in [1.82, 2.24) is 9.97 Å². The molecule has 0 fully saturated rings. The van der Waals surface area contributed by atoms with E-state index in [4.69, 9.17) is 4.74 Å². The molecule has 2 aromatic rings. The van der Waals surface area contributed by atoms with Crippen molar-refractivity contribution in [2.24, 2.45) is 0 Å². The van der Waals surface area contributed by atoms with Crippen LogP contribution in [-0.4, -0.2) is 16.6 Å². The standard InChI is InChI=1S/C16H20N2O3/c1-3-4-8-21-13-7-5-6-12(9-13)10-14-11(2)17-16(20)18-15(14)19/h5-7,9H,3-4,8,10H2,1-2H3,(H2,17,18,19,20). The van der Waals surface area contributed by atoms with Gasteiger partial charge in [0.2, 0.25) is 0 Å². The molecule has 0 radical (unpaired) electrons. The monoisotopic (exact) mass is 288 g/mol. The van der Waals surface area contributed by atoms with E-state index in [0.29, 0.717) is 24.3 Å². The summed E-state index contributed by atoms with van der Waals surface area (Å²) in [5.74, 6) is 0.805. The van der Waals surface area contributed by atoms with Crippen molar-refractivity contribution in [3.63, 3.8) is 0 Å². The molecule has 1 heterocycles. The molecule has 0 saturated carbocycles. The third kappa shape index (κ3) is 4.08. The summed E-state index contributed by atoms with van der Waals surface area (Å²) in [7, 11) is 0. The van der Waals surface area contributed by atoms with Gasteiger partial charge in [0.05, 0.1) is 6.61 Å². The molecule has 5 heteroatoms. The first kappa shape index (κ1) is 15.1. The number of nitrogens with one attached hydrogen (secondary N) is 2. The van der Waals surface area contributed by atoms with Gasteiger partial charge in [-0.05, 0) is 31.0 Å². The van der Waals surface area contributed by atoms with E-state index in [1.165, 1.54) is 0 Å². The van der Waals surface area contributed by atoms with E-state index in [1.54, 1.807) is 6.92 Å². The molecule has 0 aliphatic heterocycles. The first-order chi connectivity index (χ1) is 10.1. The van der Waals surface area contributed by atoms with E-state index in [1.807, 2.05) is 24.3 Å². The summed E-state index contributed by atoms with van der Waals surface area (Å²) in [6.45, 7) is 4.54. The minimum atomic E-state index is -0.474. The molecular weight excluding hydrogens is 268 g/mol. The zero-order valence-electron chi connectivity index (χ0n) is 12.4. The van der Waals surface area contributed by atoms with Crippen LogP contribution < -0.4 is 16.0 Å². The molecule has 2 rings (SSSR count). The smallest absolute Gasteiger partial charge is 0.325 e. The molecule has 0 unspecified atom stereocenters. The number of aromatic nitrogens is 2. The lowest BCUT2D eigenvalue weighted by molar-refractivity contribution is 0.309. The highest BCUT2D eigenvalue weighted by Crippen LogP contribution is 2.16. The van der Waals surface area contributed by atoms with Crippen LogP contribution in [0.15, 0.2) is 33.9 Å². The van der Waals surface area contributed by atoms with Gasteiger partial charge in [-0.25, -0.2) is 4.79 Å². The quantitative estimate of drug-likeness (QED) is 0.800. The number of hydrogen-bond donors (Lipinski definition) is 2. The Morgan fingerprint density at radius 2 is 2.00 bits per heavy atom. The van der Waals surface area contributed by atoms with Crippen molar-refractivity contribution in [2.75, 3.05) is 6.61 Å². The predicted octanol–water partition coefficient (Wildman–Crippen LogP) is 2.14. The first-order valence-corrected chi connectivity index (χ1v) is 7.14. The molecule has 0 amide bonds. The lowest BCUT2D eigenvalue weighted by Gasteiger charge is -2.08. The van der Waals surface area contributed by atoms with Crippen LogP contribution in [0.25, 0.3) is 0 Å². The average molecular weight is 288 g/mol. The Kier molecular flexibility index (Phi) is 4.98. The molecule has 0 aliphatic rings. The molecule has 0 bridgehead atoms. The molecule has 0 spiro atoms. The fraction of sp³-hybridized carbons (Fsp3) is 0.375. The second-order valence-electron chi connectivity index (χ2n) is 5.04. The zero-order chi connectivity index (χ0) is 15.2. The Hall–Kier alpha value is -2.30. The average Bonchev–Trinajstić information content (AvgIpc) is 2.44. The number of aryl methyl sites for hydroxylation is 1. The molecule has 112 valence electrons. The van der Waals surface area contributed by atoms with Gasteiger partial charge in [0.1, 0.15) is 5.75 Å². The van der Waals surface area contributed by atoms with Crippen molar-refractivity contribution in [2.45, 2.75) is 33.1 Å². The summed E-state index contributed by atoms with van der Waals surface area (Å²) in [6, 6.07) is 7.69. The van der Waals surface area contributed by atoms with E-state index in [2.05, 4.69) is 16.9 Å². The Balaban J connectivity index is 2.18. The highest BCUT2D eigenvalue weighted by atomic mass is 16.5. The van der Waals surface area contributed by atoms with Crippen molar-refractivity contribution in [3.05, 3.63) is 61.9 Å². The summed E-state index contributed by atoms with van der Waals surface area (Å²) < 4.78 is 5.66. The summed E-state index contributed by atoms with van der Waals surface area (Å²) in [5.41, 5.74) is 1.33. The van der Waals surface area contributed by atoms with Gasteiger partial charge in [0, 0.05) is 17.7 Å². The van der Waals surface area contributed by atoms with Crippen LogP contribution in [0.5, 0.6) is 5.75 Å². The van der Waals surface area contributed by atoms with Crippen LogP contribution in [0.3, 0.4) is 0 Å². The third-order valence-electron chi connectivity index (χ3n) is 3.30. The molecule has 0 atom stereocenters. The van der Waals surface area contributed by atoms with Gasteiger partial charge >= 0.3 is 5.69 Å². The maximum Gasteiger partial charge on any atom is 0.325 e. The molecule has 1 aromatic heterocycles. The Morgan fingerprint density at radius 1 is 1.19 bits per heavy atom. The fourth-order valence-corrected chi connectivity index (χ4v) is 2.12. The number of hydrogen-bond acceptors (Lipinski definition) is 3. The van der Waals surface area contributed by atoms with Crippen molar-refractivity contribution in [3.8, 4) is 5.75 Å². The van der Waals surface area contributed by atoms with Gasteiger partial charge < -0.3 is 9.72 Å². The van der Waals surface area contributed by atoms with Crippen LogP contribution >= 0.6 is 0 Å². The number of unbranched alkanes of at least 4 members (excludes halogenated alkanes) is 1. The maximum atomic E-state index is 11.9. The van der Waals surface area contributed by atoms with Crippen molar-refractivity contribution < 1.29 is 4.74 Å². The first-order valence-electron chi connectivity index (χ1n) is 7.14. The van der Waals surface area contributed by atoms with Gasteiger partial charge in [-0.1, -0.05) is 25.5 Å². The number of rotatable bonds is 6. The van der Waals surface area contributed by atoms with Gasteiger partial charge in [-0.2, -0.15) is 0 Å². The van der Waals surface area contributed by atoms with E-state index < -0.39 is 5.69 Å². The van der Waals surface area contributed by atoms with Gasteiger partial charge in [0.15, 0.2) is 0 Å². The van der Waals surface area contributed by atoms with Gasteiger partial charge in [-0.15, -0.1) is 0 Å². The Bertz CT molecular complexity index is 716.